The molecule has 122 valence electrons. The van der Waals surface area contributed by atoms with Crippen molar-refractivity contribution in [2.75, 3.05) is 6.54 Å². The highest BCUT2D eigenvalue weighted by Gasteiger charge is 2.15. The summed E-state index contributed by atoms with van der Waals surface area (Å²) in [5, 5.41) is 4.37. The molecule has 0 aliphatic carbocycles. The number of amides is 1. The Labute approximate surface area is 132 Å². The van der Waals surface area contributed by atoms with Gasteiger partial charge in [0, 0.05) is 18.2 Å². The number of benzene rings is 2. The molecule has 1 amide bonds. The van der Waals surface area contributed by atoms with Crippen LogP contribution in [0.1, 0.15) is 24.1 Å². The minimum absolute atomic E-state index is 0.110. The maximum absolute atomic E-state index is 13.6. The fourth-order valence-electron chi connectivity index (χ4n) is 2.16. The summed E-state index contributed by atoms with van der Waals surface area (Å²) in [7, 11) is 0. The first-order valence-corrected chi connectivity index (χ1v) is 7.25. The fourth-order valence-corrected chi connectivity index (χ4v) is 2.16. The van der Waals surface area contributed by atoms with Gasteiger partial charge in [0.1, 0.15) is 23.5 Å². The van der Waals surface area contributed by atoms with E-state index in [2.05, 4.69) is 5.32 Å². The second-order valence-electron chi connectivity index (χ2n) is 5.30. The molecule has 0 saturated heterocycles. The SMILES string of the molecule is C[C@@H]([NH2+]CC(=O)NCc1ccc(F)cc1)c1ccc(F)cc1F. The smallest absolute Gasteiger partial charge is 0.275 e. The van der Waals surface area contributed by atoms with Crippen LogP contribution in [0.25, 0.3) is 0 Å². The summed E-state index contributed by atoms with van der Waals surface area (Å²) in [4.78, 5) is 11.8. The average Bonchev–Trinajstić information content (AvgIpc) is 2.52. The maximum atomic E-state index is 13.6. The Morgan fingerprint density at radius 1 is 1.09 bits per heavy atom. The lowest BCUT2D eigenvalue weighted by Crippen LogP contribution is -2.87. The van der Waals surface area contributed by atoms with E-state index in [9.17, 15) is 18.0 Å². The maximum Gasteiger partial charge on any atom is 0.275 e. The molecule has 23 heavy (non-hydrogen) atoms. The van der Waals surface area contributed by atoms with Crippen LogP contribution in [0, 0.1) is 17.5 Å². The highest BCUT2D eigenvalue weighted by molar-refractivity contribution is 5.76. The Hall–Kier alpha value is -2.34. The lowest BCUT2D eigenvalue weighted by atomic mass is 10.1. The molecule has 0 unspecified atom stereocenters. The van der Waals surface area contributed by atoms with Gasteiger partial charge in [0.15, 0.2) is 6.54 Å². The number of nitrogens with two attached hydrogens (primary N) is 1. The Morgan fingerprint density at radius 2 is 1.74 bits per heavy atom. The second-order valence-corrected chi connectivity index (χ2v) is 5.30. The summed E-state index contributed by atoms with van der Waals surface area (Å²) >= 11 is 0. The van der Waals surface area contributed by atoms with Crippen molar-refractivity contribution in [1.29, 1.82) is 0 Å². The van der Waals surface area contributed by atoms with Gasteiger partial charge in [0.2, 0.25) is 0 Å². The number of rotatable bonds is 6. The van der Waals surface area contributed by atoms with E-state index in [1.807, 2.05) is 0 Å². The van der Waals surface area contributed by atoms with Gasteiger partial charge in [-0.3, -0.25) is 4.79 Å². The molecule has 0 bridgehead atoms. The van der Waals surface area contributed by atoms with E-state index in [-0.39, 0.29) is 24.3 Å². The van der Waals surface area contributed by atoms with Gasteiger partial charge < -0.3 is 10.6 Å². The molecule has 0 aliphatic heterocycles. The van der Waals surface area contributed by atoms with Gasteiger partial charge in [-0.2, -0.15) is 0 Å². The number of nitrogens with one attached hydrogen (secondary N) is 1. The lowest BCUT2D eigenvalue weighted by molar-refractivity contribution is -0.682. The van der Waals surface area contributed by atoms with Crippen molar-refractivity contribution in [1.82, 2.24) is 5.32 Å². The number of hydrogen-bond donors (Lipinski definition) is 2. The number of hydrogen-bond acceptors (Lipinski definition) is 1. The molecule has 3 nitrogen and oxygen atoms in total. The summed E-state index contributed by atoms with van der Waals surface area (Å²) in [6.07, 6.45) is 0. The Kier molecular flexibility index (Phi) is 5.76. The van der Waals surface area contributed by atoms with Gasteiger partial charge in [0.25, 0.3) is 5.91 Å². The van der Waals surface area contributed by atoms with Crippen molar-refractivity contribution in [2.24, 2.45) is 0 Å². The first kappa shape index (κ1) is 17.0. The summed E-state index contributed by atoms with van der Waals surface area (Å²) in [5.41, 5.74) is 1.13. The van der Waals surface area contributed by atoms with E-state index in [4.69, 9.17) is 0 Å². The third-order valence-corrected chi connectivity index (χ3v) is 3.51. The number of quaternary nitrogens is 1. The quantitative estimate of drug-likeness (QED) is 0.840. The summed E-state index contributed by atoms with van der Waals surface area (Å²) < 4.78 is 39.3. The molecule has 0 spiro atoms. The van der Waals surface area contributed by atoms with Crippen LogP contribution >= 0.6 is 0 Å². The van der Waals surface area contributed by atoms with Gasteiger partial charge >= 0.3 is 0 Å². The van der Waals surface area contributed by atoms with Gasteiger partial charge in [-0.15, -0.1) is 0 Å². The Balaban J connectivity index is 1.80. The van der Waals surface area contributed by atoms with Crippen molar-refractivity contribution >= 4 is 5.91 Å². The van der Waals surface area contributed by atoms with Crippen molar-refractivity contribution in [3.8, 4) is 0 Å². The largest absolute Gasteiger partial charge is 0.347 e. The molecule has 0 radical (unpaired) electrons. The topological polar surface area (TPSA) is 45.7 Å². The van der Waals surface area contributed by atoms with Crippen LogP contribution in [-0.4, -0.2) is 12.5 Å². The third-order valence-electron chi connectivity index (χ3n) is 3.51. The first-order valence-electron chi connectivity index (χ1n) is 7.25. The van der Waals surface area contributed by atoms with Gasteiger partial charge in [-0.05, 0) is 36.8 Å². The molecule has 2 aromatic rings. The van der Waals surface area contributed by atoms with Crippen molar-refractivity contribution in [2.45, 2.75) is 19.5 Å². The van der Waals surface area contributed by atoms with Crippen LogP contribution in [0.3, 0.4) is 0 Å². The van der Waals surface area contributed by atoms with Crippen molar-refractivity contribution in [3.05, 3.63) is 71.0 Å². The van der Waals surface area contributed by atoms with Gasteiger partial charge in [-0.1, -0.05) is 12.1 Å². The van der Waals surface area contributed by atoms with E-state index in [0.29, 0.717) is 12.1 Å². The molecule has 6 heteroatoms. The zero-order valence-corrected chi connectivity index (χ0v) is 12.7. The molecule has 0 saturated carbocycles. The molecule has 2 rings (SSSR count). The average molecular weight is 323 g/mol. The monoisotopic (exact) mass is 323 g/mol. The van der Waals surface area contributed by atoms with Crippen LogP contribution in [-0.2, 0) is 11.3 Å². The molecule has 2 aromatic carbocycles. The Bertz CT molecular complexity index is 674. The van der Waals surface area contributed by atoms with Crippen LogP contribution < -0.4 is 10.6 Å². The van der Waals surface area contributed by atoms with Crippen LogP contribution in [0.15, 0.2) is 42.5 Å². The second kappa shape index (κ2) is 7.78. The zero-order chi connectivity index (χ0) is 16.8. The van der Waals surface area contributed by atoms with Crippen molar-refractivity contribution < 1.29 is 23.3 Å². The van der Waals surface area contributed by atoms with Crippen LogP contribution in [0.5, 0.6) is 0 Å². The number of carbonyl (C=O) groups excluding carboxylic acids is 1. The normalized spacial score (nSPS) is 12.0. The molecule has 0 aliphatic rings. The highest BCUT2D eigenvalue weighted by atomic mass is 19.1. The van der Waals surface area contributed by atoms with E-state index < -0.39 is 11.6 Å². The summed E-state index contributed by atoms with van der Waals surface area (Å²) in [6.45, 7) is 2.15. The summed E-state index contributed by atoms with van der Waals surface area (Å²) in [6, 6.07) is 8.92. The zero-order valence-electron chi connectivity index (χ0n) is 12.7. The fraction of sp³-hybridized carbons (Fsp3) is 0.235. The third kappa shape index (κ3) is 5.10. The van der Waals surface area contributed by atoms with Crippen molar-refractivity contribution in [3.63, 3.8) is 0 Å². The molecule has 1 atom stereocenters. The van der Waals surface area contributed by atoms with E-state index in [0.717, 1.165) is 11.6 Å². The van der Waals surface area contributed by atoms with E-state index in [1.165, 1.54) is 24.3 Å². The van der Waals surface area contributed by atoms with Gasteiger partial charge in [-0.25, -0.2) is 13.2 Å². The number of carbonyl (C=O) groups is 1. The molecule has 0 aromatic heterocycles. The molecular weight excluding hydrogens is 305 g/mol. The molecule has 0 heterocycles. The molecular formula is C17H18F3N2O+. The van der Waals surface area contributed by atoms with Gasteiger partial charge in [0.05, 0.1) is 0 Å². The van der Waals surface area contributed by atoms with Crippen LogP contribution in [0.4, 0.5) is 13.2 Å². The Morgan fingerprint density at radius 3 is 2.39 bits per heavy atom. The van der Waals surface area contributed by atoms with E-state index >= 15 is 0 Å². The van der Waals surface area contributed by atoms with E-state index in [1.54, 1.807) is 24.4 Å². The standard InChI is InChI=1S/C17H17F3N2O/c1-11(15-7-6-14(19)8-16(15)20)21-10-17(23)22-9-12-2-4-13(18)5-3-12/h2-8,11,21H,9-10H2,1H3,(H,22,23)/p+1/t11-/m1/s1. The summed E-state index contributed by atoms with van der Waals surface area (Å²) in [5.74, 6) is -1.80. The minimum Gasteiger partial charge on any atom is -0.347 e. The lowest BCUT2D eigenvalue weighted by Gasteiger charge is -2.12. The highest BCUT2D eigenvalue weighted by Crippen LogP contribution is 2.14. The first-order chi connectivity index (χ1) is 11.0. The predicted molar refractivity (Wildman–Crippen MR) is 79.8 cm³/mol. The molecule has 0 fully saturated rings. The number of halogens is 3. The minimum atomic E-state index is -0.629. The predicted octanol–water partition coefficient (Wildman–Crippen LogP) is 2.04. The molecule has 3 N–H and O–H groups in total. The van der Waals surface area contributed by atoms with Crippen LogP contribution in [0.2, 0.25) is 0 Å².